The van der Waals surface area contributed by atoms with Crippen molar-refractivity contribution in [3.63, 3.8) is 0 Å². The minimum Gasteiger partial charge on any atom is -0.406 e. The number of aliphatic hydroxyl groups excluding tert-OH is 3. The van der Waals surface area contributed by atoms with Gasteiger partial charge in [0.2, 0.25) is 0 Å². The highest BCUT2D eigenvalue weighted by molar-refractivity contribution is 5.69. The average molecular weight is 349 g/mol. The van der Waals surface area contributed by atoms with E-state index < -0.39 is 42.9 Å². The van der Waals surface area contributed by atoms with Crippen LogP contribution >= 0.6 is 0 Å². The molecule has 0 amide bonds. The summed E-state index contributed by atoms with van der Waals surface area (Å²) in [7, 11) is 0. The number of carbonyl (C=O) groups is 1. The summed E-state index contributed by atoms with van der Waals surface area (Å²) in [6, 6.07) is -1.53. The lowest BCUT2D eigenvalue weighted by atomic mass is 9.96. The van der Waals surface area contributed by atoms with Gasteiger partial charge in [-0.3, -0.25) is 4.79 Å². The lowest BCUT2D eigenvalue weighted by Gasteiger charge is -2.44. The Morgan fingerprint density at radius 2 is 1.71 bits per heavy atom. The third kappa shape index (κ3) is 5.94. The van der Waals surface area contributed by atoms with E-state index in [9.17, 15) is 20.1 Å². The van der Waals surface area contributed by atoms with Crippen LogP contribution in [0.25, 0.3) is 0 Å². The van der Waals surface area contributed by atoms with Gasteiger partial charge >= 0.3 is 11.9 Å². The summed E-state index contributed by atoms with van der Waals surface area (Å²) < 4.78 is 9.86. The summed E-state index contributed by atoms with van der Waals surface area (Å²) in [5.74, 6) is -3.27. The predicted molar refractivity (Wildman–Crippen MR) is 85.6 cm³/mol. The number of rotatable bonds is 10. The van der Waals surface area contributed by atoms with Crippen LogP contribution < -0.4 is 5.73 Å². The Morgan fingerprint density at radius 1 is 1.12 bits per heavy atom. The molecule has 1 heterocycles. The Labute approximate surface area is 142 Å². The SMILES string of the molecule is CCCCCCCCCC(=O)O[C@]1(O)O[C@H](CO)[C@@H](O)[C@H](O)[C@H]1N. The summed E-state index contributed by atoms with van der Waals surface area (Å²) in [4.78, 5) is 11.9. The average Bonchev–Trinajstić information content (AvgIpc) is 2.55. The van der Waals surface area contributed by atoms with E-state index in [2.05, 4.69) is 6.92 Å². The molecule has 0 aliphatic carbocycles. The molecule has 0 bridgehead atoms. The first kappa shape index (κ1) is 21.3. The molecule has 5 atom stereocenters. The number of esters is 1. The zero-order valence-electron chi connectivity index (χ0n) is 14.3. The van der Waals surface area contributed by atoms with E-state index in [-0.39, 0.29) is 6.42 Å². The molecular weight excluding hydrogens is 318 g/mol. The van der Waals surface area contributed by atoms with Crippen LogP contribution in [0.3, 0.4) is 0 Å². The monoisotopic (exact) mass is 349 g/mol. The fourth-order valence-corrected chi connectivity index (χ4v) is 2.69. The van der Waals surface area contributed by atoms with Crippen LogP contribution in [0.4, 0.5) is 0 Å². The molecule has 142 valence electrons. The Hall–Kier alpha value is -0.770. The number of hydrogen-bond acceptors (Lipinski definition) is 8. The molecule has 24 heavy (non-hydrogen) atoms. The summed E-state index contributed by atoms with van der Waals surface area (Å²) in [6.07, 6.45) is 2.96. The van der Waals surface area contributed by atoms with Crippen molar-refractivity contribution in [3.8, 4) is 0 Å². The van der Waals surface area contributed by atoms with E-state index in [4.69, 9.17) is 20.3 Å². The molecule has 1 rings (SSSR count). The van der Waals surface area contributed by atoms with Gasteiger partial charge in [-0.2, -0.15) is 0 Å². The first-order valence-corrected chi connectivity index (χ1v) is 8.70. The third-order valence-electron chi connectivity index (χ3n) is 4.26. The van der Waals surface area contributed by atoms with Gasteiger partial charge in [-0.15, -0.1) is 0 Å². The molecule has 1 aliphatic rings. The largest absolute Gasteiger partial charge is 0.406 e. The normalized spacial score (nSPS) is 33.4. The summed E-state index contributed by atoms with van der Waals surface area (Å²) in [5, 5.41) is 38.8. The van der Waals surface area contributed by atoms with Crippen LogP contribution in [0, 0.1) is 0 Å². The van der Waals surface area contributed by atoms with Gasteiger partial charge < -0.3 is 35.6 Å². The maximum absolute atomic E-state index is 11.9. The van der Waals surface area contributed by atoms with Crippen LogP contribution in [0.1, 0.15) is 58.3 Å². The van der Waals surface area contributed by atoms with Gasteiger partial charge in [-0.05, 0) is 6.42 Å². The second-order valence-electron chi connectivity index (χ2n) is 6.32. The zero-order chi connectivity index (χ0) is 18.2. The van der Waals surface area contributed by atoms with E-state index in [1.807, 2.05) is 0 Å². The van der Waals surface area contributed by atoms with Crippen molar-refractivity contribution in [3.05, 3.63) is 0 Å². The number of hydrogen-bond donors (Lipinski definition) is 5. The quantitative estimate of drug-likeness (QED) is 0.206. The molecule has 0 saturated carbocycles. The van der Waals surface area contributed by atoms with Gasteiger partial charge in [0.15, 0.2) is 0 Å². The van der Waals surface area contributed by atoms with Crippen LogP contribution in [-0.4, -0.2) is 63.3 Å². The minimum atomic E-state index is -2.57. The summed E-state index contributed by atoms with van der Waals surface area (Å²) >= 11 is 0. The van der Waals surface area contributed by atoms with Crippen molar-refractivity contribution >= 4 is 5.97 Å². The van der Waals surface area contributed by atoms with Crippen molar-refractivity contribution in [2.45, 2.75) is 88.6 Å². The Bertz CT molecular complexity index is 379. The molecule has 0 spiro atoms. The van der Waals surface area contributed by atoms with Crippen LogP contribution in [0.15, 0.2) is 0 Å². The van der Waals surface area contributed by atoms with Crippen molar-refractivity contribution in [2.24, 2.45) is 5.73 Å². The lowest BCUT2D eigenvalue weighted by Crippen LogP contribution is -2.69. The highest BCUT2D eigenvalue weighted by Crippen LogP contribution is 2.28. The Kier molecular flexibility index (Phi) is 9.11. The molecular formula is C16H31NO7. The highest BCUT2D eigenvalue weighted by atomic mass is 16.8. The third-order valence-corrected chi connectivity index (χ3v) is 4.26. The molecule has 1 aliphatic heterocycles. The summed E-state index contributed by atoms with van der Waals surface area (Å²) in [6.45, 7) is 1.48. The standard InChI is InChI=1S/C16H31NO7/c1-2-3-4-5-6-7-8-9-12(19)24-16(22)15(17)14(21)13(20)11(10-18)23-16/h11,13-15,18,20-22H,2-10,17H2,1H3/t11-,13-,14+,15-,16-/m1/s1. The number of unbranched alkanes of at least 4 members (excludes halogenated alkanes) is 6. The molecule has 6 N–H and O–H groups in total. The summed E-state index contributed by atoms with van der Waals surface area (Å²) in [5.41, 5.74) is 5.59. The van der Waals surface area contributed by atoms with E-state index in [1.165, 1.54) is 19.3 Å². The number of ether oxygens (including phenoxy) is 2. The van der Waals surface area contributed by atoms with Gasteiger partial charge in [0, 0.05) is 6.42 Å². The Balaban J connectivity index is 2.38. The van der Waals surface area contributed by atoms with Gasteiger partial charge in [0.1, 0.15) is 24.4 Å². The maximum atomic E-state index is 11.9. The fraction of sp³-hybridized carbons (Fsp3) is 0.938. The van der Waals surface area contributed by atoms with E-state index in [0.29, 0.717) is 6.42 Å². The second-order valence-corrected chi connectivity index (χ2v) is 6.32. The van der Waals surface area contributed by atoms with Crippen LogP contribution in [0.5, 0.6) is 0 Å². The fourth-order valence-electron chi connectivity index (χ4n) is 2.69. The highest BCUT2D eigenvalue weighted by Gasteiger charge is 2.54. The molecule has 1 saturated heterocycles. The molecule has 0 aromatic rings. The van der Waals surface area contributed by atoms with Crippen molar-refractivity contribution in [1.29, 1.82) is 0 Å². The van der Waals surface area contributed by atoms with Gasteiger partial charge in [-0.25, -0.2) is 0 Å². The number of nitrogens with two attached hydrogens (primary N) is 1. The first-order chi connectivity index (χ1) is 11.4. The first-order valence-electron chi connectivity index (χ1n) is 8.70. The van der Waals surface area contributed by atoms with E-state index in [1.54, 1.807) is 0 Å². The molecule has 0 aromatic carbocycles. The maximum Gasteiger partial charge on any atom is 0.345 e. The van der Waals surface area contributed by atoms with Gasteiger partial charge in [0.25, 0.3) is 0 Å². The van der Waals surface area contributed by atoms with E-state index >= 15 is 0 Å². The molecule has 0 radical (unpaired) electrons. The lowest BCUT2D eigenvalue weighted by molar-refractivity contribution is -0.406. The predicted octanol–water partition coefficient (Wildman–Crippen LogP) is -0.243. The van der Waals surface area contributed by atoms with Crippen molar-refractivity contribution in [2.75, 3.05) is 6.61 Å². The molecule has 0 unspecified atom stereocenters. The van der Waals surface area contributed by atoms with E-state index in [0.717, 1.165) is 19.3 Å². The molecule has 8 nitrogen and oxygen atoms in total. The van der Waals surface area contributed by atoms with Crippen LogP contribution in [0.2, 0.25) is 0 Å². The van der Waals surface area contributed by atoms with Gasteiger partial charge in [0.05, 0.1) is 6.61 Å². The number of aliphatic hydroxyl groups is 4. The zero-order valence-corrected chi connectivity index (χ0v) is 14.3. The topological polar surface area (TPSA) is 142 Å². The molecule has 1 fully saturated rings. The number of carbonyl (C=O) groups excluding carboxylic acids is 1. The smallest absolute Gasteiger partial charge is 0.345 e. The van der Waals surface area contributed by atoms with Gasteiger partial charge in [-0.1, -0.05) is 45.4 Å². The van der Waals surface area contributed by atoms with Crippen molar-refractivity contribution in [1.82, 2.24) is 0 Å². The van der Waals surface area contributed by atoms with Crippen LogP contribution in [-0.2, 0) is 14.3 Å². The second kappa shape index (κ2) is 10.3. The minimum absolute atomic E-state index is 0.0919. The molecule has 8 heteroatoms. The Morgan fingerprint density at radius 3 is 2.29 bits per heavy atom. The molecule has 0 aromatic heterocycles. The van der Waals surface area contributed by atoms with Crippen molar-refractivity contribution < 1.29 is 34.7 Å².